The number of ether oxygens (including phenoxy) is 1. The van der Waals surface area contributed by atoms with E-state index in [1.807, 2.05) is 0 Å². The molecule has 0 aliphatic carbocycles. The summed E-state index contributed by atoms with van der Waals surface area (Å²) in [5.74, 6) is 0.544. The van der Waals surface area contributed by atoms with Crippen molar-refractivity contribution in [2.75, 3.05) is 25.2 Å². The number of rotatable bonds is 4. The molecule has 7 heteroatoms. The van der Waals surface area contributed by atoms with E-state index in [0.29, 0.717) is 17.3 Å². The Balaban J connectivity index is 2.83. The van der Waals surface area contributed by atoms with Gasteiger partial charge in [0.15, 0.2) is 0 Å². The molecule has 1 aromatic rings. The average Bonchev–Trinajstić information content (AvgIpc) is 2.19. The third-order valence-corrected chi connectivity index (χ3v) is 2.77. The maximum atomic E-state index is 12.4. The van der Waals surface area contributed by atoms with Gasteiger partial charge in [-0.15, -0.1) is 11.8 Å². The van der Waals surface area contributed by atoms with Crippen LogP contribution >= 0.6 is 11.8 Å². The second-order valence-electron chi connectivity index (χ2n) is 2.95. The Morgan fingerprint density at radius 1 is 1.50 bits per heavy atom. The molecule has 0 radical (unpaired) electrons. The lowest BCUT2D eigenvalue weighted by Gasteiger charge is -2.09. The van der Waals surface area contributed by atoms with Crippen molar-refractivity contribution in [3.8, 4) is 0 Å². The highest BCUT2D eigenvalue weighted by Gasteiger charge is 2.32. The van der Waals surface area contributed by atoms with Crippen LogP contribution in [-0.2, 0) is 10.9 Å². The predicted octanol–water partition coefficient (Wildman–Crippen LogP) is 2.42. The zero-order valence-corrected chi connectivity index (χ0v) is 9.36. The quantitative estimate of drug-likeness (QED) is 0.660. The van der Waals surface area contributed by atoms with Crippen molar-refractivity contribution in [1.82, 2.24) is 4.98 Å². The molecular weight excluding hydrogens is 241 g/mol. The van der Waals surface area contributed by atoms with Crippen molar-refractivity contribution in [2.24, 2.45) is 0 Å². The summed E-state index contributed by atoms with van der Waals surface area (Å²) < 4.78 is 41.9. The van der Waals surface area contributed by atoms with Crippen LogP contribution in [0.1, 0.15) is 5.69 Å². The van der Waals surface area contributed by atoms with Gasteiger partial charge in [0, 0.05) is 17.8 Å². The Morgan fingerprint density at radius 2 is 2.19 bits per heavy atom. The topological polar surface area (TPSA) is 48.1 Å². The summed E-state index contributed by atoms with van der Waals surface area (Å²) in [6, 6.07) is 0.954. The summed E-state index contributed by atoms with van der Waals surface area (Å²) in [6.07, 6.45) is -3.41. The van der Waals surface area contributed by atoms with E-state index in [2.05, 4.69) is 4.98 Å². The lowest BCUT2D eigenvalue weighted by Crippen LogP contribution is -2.08. The standard InChI is InChI=1S/C9H11F3N2OS/c1-15-2-3-16-7-4-8(9(10,11)12)14-5-6(7)13/h4-5H,2-3,13H2,1H3. The molecular formula is C9H11F3N2OS. The third-order valence-electron chi connectivity index (χ3n) is 1.73. The van der Waals surface area contributed by atoms with E-state index in [4.69, 9.17) is 10.5 Å². The van der Waals surface area contributed by atoms with Gasteiger partial charge >= 0.3 is 6.18 Å². The number of nitrogen functional groups attached to an aromatic ring is 1. The minimum atomic E-state index is -4.44. The molecule has 0 spiro atoms. The van der Waals surface area contributed by atoms with Crippen LogP contribution in [0, 0.1) is 0 Å². The number of nitrogens with two attached hydrogens (primary N) is 1. The van der Waals surface area contributed by atoms with Crippen LogP contribution in [0.15, 0.2) is 17.2 Å². The molecule has 3 nitrogen and oxygen atoms in total. The lowest BCUT2D eigenvalue weighted by atomic mass is 10.3. The van der Waals surface area contributed by atoms with E-state index in [1.165, 1.54) is 18.9 Å². The molecule has 1 aromatic heterocycles. The van der Waals surface area contributed by atoms with E-state index in [1.54, 1.807) is 0 Å². The SMILES string of the molecule is COCCSc1cc(C(F)(F)F)ncc1N. The molecule has 0 aromatic carbocycles. The Morgan fingerprint density at radius 3 is 2.75 bits per heavy atom. The Labute approximate surface area is 95.2 Å². The monoisotopic (exact) mass is 252 g/mol. The van der Waals surface area contributed by atoms with Gasteiger partial charge in [0.05, 0.1) is 18.5 Å². The lowest BCUT2D eigenvalue weighted by molar-refractivity contribution is -0.141. The van der Waals surface area contributed by atoms with Gasteiger partial charge in [-0.05, 0) is 6.07 Å². The minimum Gasteiger partial charge on any atom is -0.397 e. The number of aromatic nitrogens is 1. The second kappa shape index (κ2) is 5.40. The first kappa shape index (κ1) is 13.1. The maximum absolute atomic E-state index is 12.4. The van der Waals surface area contributed by atoms with E-state index in [9.17, 15) is 13.2 Å². The van der Waals surface area contributed by atoms with E-state index in [0.717, 1.165) is 12.3 Å². The summed E-state index contributed by atoms with van der Waals surface area (Å²) >= 11 is 1.21. The first-order valence-electron chi connectivity index (χ1n) is 4.39. The molecule has 0 amide bonds. The van der Waals surface area contributed by atoms with E-state index < -0.39 is 11.9 Å². The van der Waals surface area contributed by atoms with Crippen molar-refractivity contribution in [1.29, 1.82) is 0 Å². The molecule has 2 N–H and O–H groups in total. The number of thioether (sulfide) groups is 1. The molecule has 0 fully saturated rings. The van der Waals surface area contributed by atoms with E-state index >= 15 is 0 Å². The first-order chi connectivity index (χ1) is 7.45. The van der Waals surface area contributed by atoms with Crippen molar-refractivity contribution in [3.63, 3.8) is 0 Å². The first-order valence-corrected chi connectivity index (χ1v) is 5.38. The van der Waals surface area contributed by atoms with Crippen LogP contribution in [0.5, 0.6) is 0 Å². The average molecular weight is 252 g/mol. The highest BCUT2D eigenvalue weighted by molar-refractivity contribution is 7.99. The fourth-order valence-electron chi connectivity index (χ4n) is 0.962. The fourth-order valence-corrected chi connectivity index (χ4v) is 1.85. The molecule has 0 atom stereocenters. The molecule has 0 bridgehead atoms. The number of hydrogen-bond acceptors (Lipinski definition) is 4. The molecule has 0 saturated heterocycles. The van der Waals surface area contributed by atoms with Gasteiger partial charge in [0.25, 0.3) is 0 Å². The van der Waals surface area contributed by atoms with Gasteiger partial charge in [-0.3, -0.25) is 0 Å². The van der Waals surface area contributed by atoms with Crippen molar-refractivity contribution < 1.29 is 17.9 Å². The molecule has 1 rings (SSSR count). The molecule has 0 saturated carbocycles. The van der Waals surface area contributed by atoms with Gasteiger partial charge in [0.1, 0.15) is 5.69 Å². The Hall–Kier alpha value is -0.950. The van der Waals surface area contributed by atoms with E-state index in [-0.39, 0.29) is 5.69 Å². The van der Waals surface area contributed by atoms with Gasteiger partial charge in [-0.2, -0.15) is 13.2 Å². The number of halogens is 3. The zero-order valence-electron chi connectivity index (χ0n) is 8.54. The van der Waals surface area contributed by atoms with Crippen molar-refractivity contribution in [2.45, 2.75) is 11.1 Å². The summed E-state index contributed by atoms with van der Waals surface area (Å²) in [5, 5.41) is 0. The highest BCUT2D eigenvalue weighted by atomic mass is 32.2. The number of pyridine rings is 1. The van der Waals surface area contributed by atoms with Crippen LogP contribution in [-0.4, -0.2) is 24.5 Å². The molecule has 0 aliphatic rings. The predicted molar refractivity (Wildman–Crippen MR) is 56.3 cm³/mol. The second-order valence-corrected chi connectivity index (χ2v) is 4.08. The summed E-state index contributed by atoms with van der Waals surface area (Å²) in [5.41, 5.74) is 4.84. The summed E-state index contributed by atoms with van der Waals surface area (Å²) in [4.78, 5) is 3.62. The largest absolute Gasteiger partial charge is 0.433 e. The number of nitrogens with zero attached hydrogens (tertiary/aromatic N) is 1. The smallest absolute Gasteiger partial charge is 0.397 e. The molecule has 0 unspecified atom stereocenters. The van der Waals surface area contributed by atoms with Crippen molar-refractivity contribution >= 4 is 17.4 Å². The van der Waals surface area contributed by atoms with Gasteiger partial charge in [-0.1, -0.05) is 0 Å². The van der Waals surface area contributed by atoms with Gasteiger partial charge < -0.3 is 10.5 Å². The van der Waals surface area contributed by atoms with Crippen LogP contribution in [0.3, 0.4) is 0 Å². The Bertz CT molecular complexity index is 357. The summed E-state index contributed by atoms with van der Waals surface area (Å²) in [7, 11) is 1.53. The molecule has 1 heterocycles. The zero-order chi connectivity index (χ0) is 12.2. The Kier molecular flexibility index (Phi) is 4.43. The van der Waals surface area contributed by atoms with Crippen LogP contribution in [0.2, 0.25) is 0 Å². The van der Waals surface area contributed by atoms with Crippen LogP contribution < -0.4 is 5.73 Å². The fraction of sp³-hybridized carbons (Fsp3) is 0.444. The van der Waals surface area contributed by atoms with Crippen LogP contribution in [0.25, 0.3) is 0 Å². The molecule has 16 heavy (non-hydrogen) atoms. The number of hydrogen-bond donors (Lipinski definition) is 1. The number of anilines is 1. The maximum Gasteiger partial charge on any atom is 0.433 e. The third kappa shape index (κ3) is 3.57. The summed E-state index contributed by atoms with van der Waals surface area (Å²) in [6.45, 7) is 0.452. The molecule has 0 aliphatic heterocycles. The van der Waals surface area contributed by atoms with Crippen molar-refractivity contribution in [3.05, 3.63) is 18.0 Å². The van der Waals surface area contributed by atoms with Crippen LogP contribution in [0.4, 0.5) is 18.9 Å². The number of methoxy groups -OCH3 is 1. The minimum absolute atomic E-state index is 0.245. The normalized spacial score (nSPS) is 11.8. The van der Waals surface area contributed by atoms with Gasteiger partial charge in [-0.25, -0.2) is 4.98 Å². The molecule has 90 valence electrons. The highest BCUT2D eigenvalue weighted by Crippen LogP contribution is 2.32. The number of alkyl halides is 3. The van der Waals surface area contributed by atoms with Gasteiger partial charge in [0.2, 0.25) is 0 Å².